The summed E-state index contributed by atoms with van der Waals surface area (Å²) in [6.07, 6.45) is 0. The van der Waals surface area contributed by atoms with Crippen LogP contribution in [-0.4, -0.2) is 4.98 Å². The maximum Gasteiger partial charge on any atom is 0.248 e. The van der Waals surface area contributed by atoms with E-state index < -0.39 is 5.82 Å². The molecule has 0 aliphatic carbocycles. The van der Waals surface area contributed by atoms with Crippen molar-refractivity contribution in [2.24, 2.45) is 0 Å². The van der Waals surface area contributed by atoms with Gasteiger partial charge in [0.15, 0.2) is 5.82 Å². The first kappa shape index (κ1) is 9.40. The van der Waals surface area contributed by atoms with E-state index in [0.29, 0.717) is 4.47 Å². The summed E-state index contributed by atoms with van der Waals surface area (Å²) in [5, 5.41) is 0.727. The maximum absolute atomic E-state index is 13.5. The molecule has 4 heteroatoms. The molecule has 1 aromatic carbocycles. The number of halogens is 2. The normalized spacial score (nSPS) is 10.8. The van der Waals surface area contributed by atoms with Crippen LogP contribution in [0.4, 0.5) is 4.39 Å². The van der Waals surface area contributed by atoms with E-state index in [1.807, 2.05) is 0 Å². The molecule has 1 aromatic heterocycles. The van der Waals surface area contributed by atoms with E-state index in [-0.39, 0.29) is 11.1 Å². The first-order valence-electron chi connectivity index (χ1n) is 4.07. The topological polar surface area (TPSA) is 32.9 Å². The fourth-order valence-electron chi connectivity index (χ4n) is 1.44. The zero-order valence-corrected chi connectivity index (χ0v) is 8.98. The Morgan fingerprint density at radius 1 is 1.43 bits per heavy atom. The smallest absolute Gasteiger partial charge is 0.248 e. The zero-order valence-electron chi connectivity index (χ0n) is 7.40. The molecule has 0 bridgehead atoms. The predicted molar refractivity (Wildman–Crippen MR) is 57.0 cm³/mol. The van der Waals surface area contributed by atoms with Crippen molar-refractivity contribution in [3.8, 4) is 0 Å². The predicted octanol–water partition coefficient (Wildman–Crippen LogP) is 2.74. The van der Waals surface area contributed by atoms with Crippen LogP contribution in [0.25, 0.3) is 10.9 Å². The molecule has 0 unspecified atom stereocenters. The Hall–Kier alpha value is -1.16. The fraction of sp³-hybridized carbons (Fsp3) is 0.100. The molecule has 0 aliphatic rings. The Morgan fingerprint density at radius 3 is 2.86 bits per heavy atom. The first-order chi connectivity index (χ1) is 6.59. The van der Waals surface area contributed by atoms with E-state index in [1.54, 1.807) is 19.1 Å². The summed E-state index contributed by atoms with van der Waals surface area (Å²) < 4.78 is 13.9. The van der Waals surface area contributed by atoms with E-state index in [0.717, 1.165) is 10.9 Å². The summed E-state index contributed by atoms with van der Waals surface area (Å²) in [5.74, 6) is -0.428. The van der Waals surface area contributed by atoms with Crippen LogP contribution >= 0.6 is 15.9 Å². The van der Waals surface area contributed by atoms with Crippen LogP contribution in [0.3, 0.4) is 0 Å². The average molecular weight is 256 g/mol. The van der Waals surface area contributed by atoms with Crippen LogP contribution in [0.5, 0.6) is 0 Å². The molecular weight excluding hydrogens is 249 g/mol. The Balaban J connectivity index is 3.02. The molecule has 0 spiro atoms. The van der Waals surface area contributed by atoms with Crippen molar-refractivity contribution >= 4 is 26.8 Å². The van der Waals surface area contributed by atoms with Crippen molar-refractivity contribution in [2.45, 2.75) is 6.92 Å². The largest absolute Gasteiger partial charge is 0.319 e. The second-order valence-electron chi connectivity index (χ2n) is 3.10. The first-order valence-corrected chi connectivity index (χ1v) is 4.86. The van der Waals surface area contributed by atoms with Gasteiger partial charge in [-0.3, -0.25) is 4.79 Å². The number of H-pyrrole nitrogens is 1. The number of pyridine rings is 1. The highest BCUT2D eigenvalue weighted by atomic mass is 79.9. The van der Waals surface area contributed by atoms with Gasteiger partial charge < -0.3 is 4.98 Å². The summed E-state index contributed by atoms with van der Waals surface area (Å²) in [6.45, 7) is 1.78. The number of rotatable bonds is 0. The summed E-state index contributed by atoms with van der Waals surface area (Å²) in [5.41, 5.74) is 0.742. The van der Waals surface area contributed by atoms with Crippen LogP contribution in [0.2, 0.25) is 0 Å². The van der Waals surface area contributed by atoms with Gasteiger partial charge in [-0.2, -0.15) is 0 Å². The molecule has 0 saturated carbocycles. The van der Waals surface area contributed by atoms with E-state index in [2.05, 4.69) is 20.9 Å². The monoisotopic (exact) mass is 255 g/mol. The van der Waals surface area contributed by atoms with Crippen LogP contribution in [0.1, 0.15) is 5.56 Å². The van der Waals surface area contributed by atoms with Gasteiger partial charge in [-0.25, -0.2) is 4.39 Å². The van der Waals surface area contributed by atoms with Gasteiger partial charge >= 0.3 is 0 Å². The minimum Gasteiger partial charge on any atom is -0.319 e. The van der Waals surface area contributed by atoms with Crippen molar-refractivity contribution < 1.29 is 4.39 Å². The minimum atomic E-state index is -0.428. The van der Waals surface area contributed by atoms with Crippen molar-refractivity contribution in [3.63, 3.8) is 0 Å². The number of nitrogens with one attached hydrogen (secondary N) is 1. The number of aromatic amines is 1. The van der Waals surface area contributed by atoms with Gasteiger partial charge in [-0.05, 0) is 34.5 Å². The van der Waals surface area contributed by atoms with Gasteiger partial charge in [0, 0.05) is 11.5 Å². The molecule has 1 N–H and O–H groups in total. The lowest BCUT2D eigenvalue weighted by Crippen LogP contribution is -2.06. The van der Waals surface area contributed by atoms with Gasteiger partial charge in [0.25, 0.3) is 0 Å². The Kier molecular flexibility index (Phi) is 2.15. The molecule has 2 aromatic rings. The van der Waals surface area contributed by atoms with Gasteiger partial charge in [-0.15, -0.1) is 0 Å². The van der Waals surface area contributed by atoms with Gasteiger partial charge in [0.1, 0.15) is 0 Å². The lowest BCUT2D eigenvalue weighted by Gasteiger charge is -2.03. The summed E-state index contributed by atoms with van der Waals surface area (Å²) in [6, 6.07) is 4.85. The third-order valence-corrected chi connectivity index (χ3v) is 2.73. The number of aryl methyl sites for hydroxylation is 1. The molecule has 0 aliphatic heterocycles. The molecule has 0 radical (unpaired) electrons. The maximum atomic E-state index is 13.5. The highest BCUT2D eigenvalue weighted by Gasteiger charge is 2.07. The summed E-state index contributed by atoms with van der Waals surface area (Å²) in [4.78, 5) is 13.6. The van der Waals surface area contributed by atoms with E-state index in [9.17, 15) is 9.18 Å². The van der Waals surface area contributed by atoms with Crippen LogP contribution in [0.15, 0.2) is 27.5 Å². The second-order valence-corrected chi connectivity index (χ2v) is 3.95. The third kappa shape index (κ3) is 1.35. The summed E-state index contributed by atoms with van der Waals surface area (Å²) in [7, 11) is 0. The van der Waals surface area contributed by atoms with Gasteiger partial charge in [-0.1, -0.05) is 6.07 Å². The van der Waals surface area contributed by atoms with E-state index in [4.69, 9.17) is 0 Å². The van der Waals surface area contributed by atoms with Crippen LogP contribution in [-0.2, 0) is 0 Å². The molecule has 0 amide bonds. The molecular formula is C10H7BrFNO. The molecule has 1 heterocycles. The molecule has 2 rings (SSSR count). The number of fused-ring (bicyclic) bond motifs is 1. The highest BCUT2D eigenvalue weighted by Crippen LogP contribution is 2.23. The quantitative estimate of drug-likeness (QED) is 0.772. The number of aromatic nitrogens is 1. The van der Waals surface area contributed by atoms with Gasteiger partial charge in [0.2, 0.25) is 5.56 Å². The molecule has 14 heavy (non-hydrogen) atoms. The average Bonchev–Trinajstić information content (AvgIpc) is 2.12. The summed E-state index contributed by atoms with van der Waals surface area (Å²) >= 11 is 3.07. The van der Waals surface area contributed by atoms with Crippen LogP contribution in [0, 0.1) is 12.7 Å². The third-order valence-electron chi connectivity index (χ3n) is 2.12. The Bertz CT molecular complexity index is 562. The lowest BCUT2D eigenvalue weighted by molar-refractivity contribution is 0.630. The molecule has 72 valence electrons. The van der Waals surface area contributed by atoms with Gasteiger partial charge in [0.05, 0.1) is 9.99 Å². The van der Waals surface area contributed by atoms with Crippen molar-refractivity contribution in [1.29, 1.82) is 0 Å². The molecule has 0 atom stereocenters. The standard InChI is InChI=1S/C10H7BrFNO/c1-5-4-8(14)13-10-6(5)2-3-7(11)9(10)12/h2-4H,1H3,(H,13,14). The van der Waals surface area contributed by atoms with E-state index in [1.165, 1.54) is 6.07 Å². The Morgan fingerprint density at radius 2 is 2.14 bits per heavy atom. The fourth-order valence-corrected chi connectivity index (χ4v) is 1.77. The number of hydrogen-bond acceptors (Lipinski definition) is 1. The number of hydrogen-bond donors (Lipinski definition) is 1. The molecule has 0 fully saturated rings. The molecule has 2 nitrogen and oxygen atoms in total. The lowest BCUT2D eigenvalue weighted by atomic mass is 10.1. The second kappa shape index (κ2) is 3.20. The minimum absolute atomic E-state index is 0.254. The van der Waals surface area contributed by atoms with Crippen molar-refractivity contribution in [2.75, 3.05) is 0 Å². The number of benzene rings is 1. The van der Waals surface area contributed by atoms with Crippen molar-refractivity contribution in [3.05, 3.63) is 44.4 Å². The highest BCUT2D eigenvalue weighted by molar-refractivity contribution is 9.10. The molecule has 0 saturated heterocycles. The van der Waals surface area contributed by atoms with E-state index >= 15 is 0 Å². The Labute approximate surface area is 87.9 Å². The SMILES string of the molecule is Cc1cc(=O)[nH]c2c(F)c(Br)ccc12. The van der Waals surface area contributed by atoms with Crippen LogP contribution < -0.4 is 5.56 Å². The zero-order chi connectivity index (χ0) is 10.3. The van der Waals surface area contributed by atoms with Crippen molar-refractivity contribution in [1.82, 2.24) is 4.98 Å².